The molecule has 0 bridgehead atoms. The first-order valence-electron chi connectivity index (χ1n) is 10.8. The fourth-order valence-electron chi connectivity index (χ4n) is 3.66. The van der Waals surface area contributed by atoms with Gasteiger partial charge in [0.2, 0.25) is 0 Å². The van der Waals surface area contributed by atoms with Crippen LogP contribution in [0.15, 0.2) is 66.7 Å². The summed E-state index contributed by atoms with van der Waals surface area (Å²) in [6, 6.07) is 20.2. The molecule has 0 saturated heterocycles. The Balaban J connectivity index is 1.69. The Morgan fingerprint density at radius 1 is 0.853 bits per heavy atom. The molecule has 0 fully saturated rings. The van der Waals surface area contributed by atoms with Crippen LogP contribution in [0.4, 0.5) is 5.69 Å². The lowest BCUT2D eigenvalue weighted by molar-refractivity contribution is 0.102. The van der Waals surface area contributed by atoms with Crippen molar-refractivity contribution in [2.24, 2.45) is 0 Å². The van der Waals surface area contributed by atoms with Crippen LogP contribution in [0, 0.1) is 0 Å². The lowest BCUT2D eigenvalue weighted by Crippen LogP contribution is -2.12. The summed E-state index contributed by atoms with van der Waals surface area (Å²) >= 11 is 0. The molecule has 174 valence electrons. The SMILES string of the molecule is CCOc1cc(-c2cccc(OC)c2)nc2ccc(C(=O)Nc3ccc(OC)c(OC)c3)cc12. The molecule has 7 heteroatoms. The van der Waals surface area contributed by atoms with Crippen LogP contribution in [0.1, 0.15) is 17.3 Å². The largest absolute Gasteiger partial charge is 0.497 e. The van der Waals surface area contributed by atoms with Gasteiger partial charge in [-0.15, -0.1) is 0 Å². The predicted molar refractivity (Wildman–Crippen MR) is 132 cm³/mol. The number of benzene rings is 3. The molecule has 1 amide bonds. The first kappa shape index (κ1) is 22.9. The number of pyridine rings is 1. The van der Waals surface area contributed by atoms with Crippen molar-refractivity contribution in [3.63, 3.8) is 0 Å². The Bertz CT molecular complexity index is 1340. The summed E-state index contributed by atoms with van der Waals surface area (Å²) in [4.78, 5) is 17.8. The molecule has 1 heterocycles. The number of methoxy groups -OCH3 is 3. The van der Waals surface area contributed by atoms with E-state index in [1.807, 2.05) is 43.3 Å². The van der Waals surface area contributed by atoms with Gasteiger partial charge >= 0.3 is 0 Å². The third kappa shape index (κ3) is 4.73. The number of hydrogen-bond donors (Lipinski definition) is 1. The quantitative estimate of drug-likeness (QED) is 0.371. The molecule has 4 rings (SSSR count). The van der Waals surface area contributed by atoms with Crippen molar-refractivity contribution in [3.05, 3.63) is 72.3 Å². The van der Waals surface area contributed by atoms with Gasteiger partial charge in [0.15, 0.2) is 11.5 Å². The smallest absolute Gasteiger partial charge is 0.255 e. The summed E-state index contributed by atoms with van der Waals surface area (Å²) in [5.74, 6) is 2.27. The average Bonchev–Trinajstić information content (AvgIpc) is 2.88. The lowest BCUT2D eigenvalue weighted by atomic mass is 10.1. The zero-order valence-corrected chi connectivity index (χ0v) is 19.5. The number of carbonyl (C=O) groups excluding carboxylic acids is 1. The molecule has 0 unspecified atom stereocenters. The van der Waals surface area contributed by atoms with Crippen molar-refractivity contribution < 1.29 is 23.7 Å². The highest BCUT2D eigenvalue weighted by Gasteiger charge is 2.14. The van der Waals surface area contributed by atoms with Gasteiger partial charge in [0.25, 0.3) is 5.91 Å². The molecule has 34 heavy (non-hydrogen) atoms. The third-order valence-electron chi connectivity index (χ3n) is 5.34. The van der Waals surface area contributed by atoms with Crippen LogP contribution in [0.5, 0.6) is 23.0 Å². The molecular formula is C27H26N2O5. The van der Waals surface area contributed by atoms with Gasteiger partial charge in [0.05, 0.1) is 39.1 Å². The Labute approximate surface area is 198 Å². The van der Waals surface area contributed by atoms with E-state index < -0.39 is 0 Å². The molecule has 4 aromatic rings. The number of ether oxygens (including phenoxy) is 4. The van der Waals surface area contributed by atoms with Crippen LogP contribution in [0.3, 0.4) is 0 Å². The highest BCUT2D eigenvalue weighted by Crippen LogP contribution is 2.33. The van der Waals surface area contributed by atoms with Gasteiger partial charge in [0.1, 0.15) is 11.5 Å². The van der Waals surface area contributed by atoms with E-state index in [0.29, 0.717) is 35.1 Å². The fraction of sp³-hybridized carbons (Fsp3) is 0.185. The van der Waals surface area contributed by atoms with Gasteiger partial charge in [-0.3, -0.25) is 4.79 Å². The molecule has 0 aliphatic heterocycles. The maximum atomic E-state index is 13.0. The van der Waals surface area contributed by atoms with E-state index in [2.05, 4.69) is 5.32 Å². The lowest BCUT2D eigenvalue weighted by Gasteiger charge is -2.13. The number of nitrogens with zero attached hydrogens (tertiary/aromatic N) is 1. The maximum Gasteiger partial charge on any atom is 0.255 e. The van der Waals surface area contributed by atoms with Gasteiger partial charge in [-0.1, -0.05) is 12.1 Å². The minimum atomic E-state index is -0.256. The molecule has 3 aromatic carbocycles. The molecule has 1 aromatic heterocycles. The number of carbonyl (C=O) groups is 1. The number of aromatic nitrogens is 1. The zero-order valence-electron chi connectivity index (χ0n) is 19.5. The van der Waals surface area contributed by atoms with E-state index in [4.69, 9.17) is 23.9 Å². The summed E-state index contributed by atoms with van der Waals surface area (Å²) in [6.07, 6.45) is 0. The van der Waals surface area contributed by atoms with Crippen molar-refractivity contribution >= 4 is 22.5 Å². The Kier molecular flexibility index (Phi) is 6.82. The van der Waals surface area contributed by atoms with Crippen molar-refractivity contribution in [1.29, 1.82) is 0 Å². The van der Waals surface area contributed by atoms with Crippen LogP contribution in [0.2, 0.25) is 0 Å². The van der Waals surface area contributed by atoms with Crippen LogP contribution < -0.4 is 24.3 Å². The van der Waals surface area contributed by atoms with E-state index in [-0.39, 0.29) is 5.91 Å². The summed E-state index contributed by atoms with van der Waals surface area (Å²) in [6.45, 7) is 2.41. The van der Waals surface area contributed by atoms with E-state index in [1.54, 1.807) is 51.7 Å². The van der Waals surface area contributed by atoms with Gasteiger partial charge in [-0.25, -0.2) is 4.98 Å². The first-order valence-corrected chi connectivity index (χ1v) is 10.8. The topological polar surface area (TPSA) is 78.9 Å². The molecular weight excluding hydrogens is 432 g/mol. The number of amides is 1. The van der Waals surface area contributed by atoms with E-state index in [0.717, 1.165) is 27.9 Å². The highest BCUT2D eigenvalue weighted by atomic mass is 16.5. The molecule has 0 saturated carbocycles. The summed E-state index contributed by atoms with van der Waals surface area (Å²) in [5.41, 5.74) is 3.49. The predicted octanol–water partition coefficient (Wildman–Crippen LogP) is 5.58. The van der Waals surface area contributed by atoms with E-state index in [1.165, 1.54) is 0 Å². The molecule has 0 aliphatic carbocycles. The van der Waals surface area contributed by atoms with Crippen LogP contribution in [0.25, 0.3) is 22.2 Å². The van der Waals surface area contributed by atoms with E-state index in [9.17, 15) is 4.79 Å². The van der Waals surface area contributed by atoms with Gasteiger partial charge in [-0.2, -0.15) is 0 Å². The van der Waals surface area contributed by atoms with Crippen molar-refractivity contribution in [2.75, 3.05) is 33.3 Å². The Hall–Kier alpha value is -4.26. The Morgan fingerprint density at radius 2 is 1.68 bits per heavy atom. The van der Waals surface area contributed by atoms with Crippen LogP contribution >= 0.6 is 0 Å². The van der Waals surface area contributed by atoms with Gasteiger partial charge < -0.3 is 24.3 Å². The van der Waals surface area contributed by atoms with Gasteiger partial charge in [-0.05, 0) is 49.4 Å². The van der Waals surface area contributed by atoms with Crippen molar-refractivity contribution in [1.82, 2.24) is 4.98 Å². The second-order valence-electron chi connectivity index (χ2n) is 7.43. The minimum absolute atomic E-state index is 0.256. The Morgan fingerprint density at radius 3 is 2.41 bits per heavy atom. The minimum Gasteiger partial charge on any atom is -0.497 e. The molecule has 0 aliphatic rings. The number of hydrogen-bond acceptors (Lipinski definition) is 6. The second kappa shape index (κ2) is 10.1. The maximum absolute atomic E-state index is 13.0. The third-order valence-corrected chi connectivity index (χ3v) is 5.34. The summed E-state index contributed by atoms with van der Waals surface area (Å²) in [5, 5.41) is 3.66. The fourth-order valence-corrected chi connectivity index (χ4v) is 3.66. The first-order chi connectivity index (χ1) is 16.6. The number of nitrogens with one attached hydrogen (secondary N) is 1. The molecule has 0 radical (unpaired) electrons. The summed E-state index contributed by atoms with van der Waals surface area (Å²) in [7, 11) is 4.75. The zero-order chi connectivity index (χ0) is 24.1. The standard InChI is InChI=1S/C27H26N2O5/c1-5-34-25-16-23(17-7-6-8-20(13-17)31-2)29-22-11-9-18(14-21(22)25)27(30)28-19-10-12-24(32-3)26(15-19)33-4/h6-16H,5H2,1-4H3,(H,28,30). The van der Waals surface area contributed by atoms with Crippen molar-refractivity contribution in [2.45, 2.75) is 6.92 Å². The number of fused-ring (bicyclic) bond motifs is 1. The number of anilines is 1. The molecule has 0 spiro atoms. The summed E-state index contributed by atoms with van der Waals surface area (Å²) < 4.78 is 21.8. The van der Waals surface area contributed by atoms with Gasteiger partial charge in [0, 0.05) is 34.3 Å². The molecule has 0 atom stereocenters. The number of rotatable bonds is 8. The normalized spacial score (nSPS) is 10.6. The van der Waals surface area contributed by atoms with Crippen molar-refractivity contribution in [3.8, 4) is 34.3 Å². The van der Waals surface area contributed by atoms with Crippen LogP contribution in [-0.4, -0.2) is 38.8 Å². The highest BCUT2D eigenvalue weighted by molar-refractivity contribution is 6.07. The van der Waals surface area contributed by atoms with E-state index >= 15 is 0 Å². The molecule has 7 nitrogen and oxygen atoms in total. The monoisotopic (exact) mass is 458 g/mol. The van der Waals surface area contributed by atoms with Crippen LogP contribution in [-0.2, 0) is 0 Å². The second-order valence-corrected chi connectivity index (χ2v) is 7.43. The average molecular weight is 459 g/mol. The molecule has 1 N–H and O–H groups in total.